The number of fused-ring (bicyclic) bond motifs is 3. The van der Waals surface area contributed by atoms with Crippen LogP contribution >= 0.6 is 0 Å². The van der Waals surface area contributed by atoms with Crippen LogP contribution in [-0.2, 0) is 13.6 Å². The van der Waals surface area contributed by atoms with E-state index in [0.29, 0.717) is 5.92 Å². The number of hydrogen-bond acceptors (Lipinski definition) is 2. The van der Waals surface area contributed by atoms with Crippen molar-refractivity contribution in [1.29, 1.82) is 0 Å². The van der Waals surface area contributed by atoms with Crippen LogP contribution in [0.25, 0.3) is 10.9 Å². The van der Waals surface area contributed by atoms with Crippen LogP contribution < -0.4 is 10.1 Å². The van der Waals surface area contributed by atoms with E-state index in [1.54, 1.807) is 7.11 Å². The topological polar surface area (TPSA) is 26.2 Å². The van der Waals surface area contributed by atoms with Gasteiger partial charge in [-0.3, -0.25) is 0 Å². The summed E-state index contributed by atoms with van der Waals surface area (Å²) in [6, 6.07) is 4.28. The molecular formula is C15H20N2O. The lowest BCUT2D eigenvalue weighted by molar-refractivity contribution is 0.415. The lowest BCUT2D eigenvalue weighted by atomic mass is 9.97. The van der Waals surface area contributed by atoms with Crippen LogP contribution in [0.5, 0.6) is 5.75 Å². The van der Waals surface area contributed by atoms with Gasteiger partial charge in [-0.25, -0.2) is 0 Å². The van der Waals surface area contributed by atoms with Gasteiger partial charge in [-0.05, 0) is 30.2 Å². The van der Waals surface area contributed by atoms with Gasteiger partial charge in [0.15, 0.2) is 0 Å². The van der Waals surface area contributed by atoms with Crippen molar-refractivity contribution in [3.05, 3.63) is 29.0 Å². The van der Waals surface area contributed by atoms with Crippen LogP contribution in [0, 0.1) is 6.92 Å². The average Bonchev–Trinajstić information content (AvgIpc) is 2.64. The van der Waals surface area contributed by atoms with Gasteiger partial charge in [-0.2, -0.15) is 0 Å². The maximum absolute atomic E-state index is 5.40. The third-order valence-corrected chi connectivity index (χ3v) is 4.06. The van der Waals surface area contributed by atoms with Gasteiger partial charge in [0.1, 0.15) is 5.75 Å². The number of benzene rings is 1. The number of nitrogens with one attached hydrogen (secondary N) is 1. The highest BCUT2D eigenvalue weighted by molar-refractivity contribution is 5.90. The first-order valence-corrected chi connectivity index (χ1v) is 6.50. The van der Waals surface area contributed by atoms with E-state index >= 15 is 0 Å². The number of aryl methyl sites for hydroxylation is 2. The molecule has 96 valence electrons. The Morgan fingerprint density at radius 2 is 2.17 bits per heavy atom. The Morgan fingerprint density at radius 1 is 1.39 bits per heavy atom. The molecule has 1 aromatic heterocycles. The molecule has 1 atom stereocenters. The minimum Gasteiger partial charge on any atom is -0.497 e. The second kappa shape index (κ2) is 4.02. The predicted molar refractivity (Wildman–Crippen MR) is 74.3 cm³/mol. The van der Waals surface area contributed by atoms with Gasteiger partial charge in [0.2, 0.25) is 0 Å². The maximum atomic E-state index is 5.40. The Morgan fingerprint density at radius 3 is 2.89 bits per heavy atom. The summed E-state index contributed by atoms with van der Waals surface area (Å²) < 4.78 is 7.77. The number of aromatic nitrogens is 1. The molecule has 1 N–H and O–H groups in total. The molecule has 0 bridgehead atoms. The van der Waals surface area contributed by atoms with Crippen LogP contribution in [-0.4, -0.2) is 18.2 Å². The second-order valence-electron chi connectivity index (χ2n) is 5.30. The molecule has 2 aromatic rings. The highest BCUT2D eigenvalue weighted by Gasteiger charge is 2.24. The van der Waals surface area contributed by atoms with Gasteiger partial charge in [0.25, 0.3) is 0 Å². The van der Waals surface area contributed by atoms with Crippen molar-refractivity contribution in [3.8, 4) is 5.75 Å². The number of ether oxygens (including phenoxy) is 1. The number of nitrogens with zero attached hydrogens (tertiary/aromatic N) is 1. The van der Waals surface area contributed by atoms with Crippen molar-refractivity contribution in [3.63, 3.8) is 0 Å². The summed E-state index contributed by atoms with van der Waals surface area (Å²) in [5.74, 6) is 1.52. The van der Waals surface area contributed by atoms with Crippen molar-refractivity contribution < 1.29 is 4.74 Å². The SMILES string of the molecule is COc1cc(C)c2c(c1)c1c(n2C)C(C)CNC1. The summed E-state index contributed by atoms with van der Waals surface area (Å²) in [6.45, 7) is 6.47. The summed E-state index contributed by atoms with van der Waals surface area (Å²) in [5.41, 5.74) is 5.54. The molecule has 3 heteroatoms. The lowest BCUT2D eigenvalue weighted by Gasteiger charge is -2.22. The molecule has 1 unspecified atom stereocenters. The zero-order valence-electron chi connectivity index (χ0n) is 11.5. The first-order chi connectivity index (χ1) is 8.63. The van der Waals surface area contributed by atoms with E-state index < -0.39 is 0 Å². The highest BCUT2D eigenvalue weighted by Crippen LogP contribution is 2.36. The fourth-order valence-electron chi connectivity index (χ4n) is 3.32. The molecule has 0 amide bonds. The molecule has 0 fully saturated rings. The minimum atomic E-state index is 0.566. The van der Waals surface area contributed by atoms with Gasteiger partial charge >= 0.3 is 0 Å². The average molecular weight is 244 g/mol. The first-order valence-electron chi connectivity index (χ1n) is 6.50. The largest absolute Gasteiger partial charge is 0.497 e. The van der Waals surface area contributed by atoms with Gasteiger partial charge < -0.3 is 14.6 Å². The molecule has 2 heterocycles. The van der Waals surface area contributed by atoms with Crippen molar-refractivity contribution in [1.82, 2.24) is 9.88 Å². The van der Waals surface area contributed by atoms with Crippen LogP contribution in [0.4, 0.5) is 0 Å². The molecule has 0 radical (unpaired) electrons. The molecular weight excluding hydrogens is 224 g/mol. The van der Waals surface area contributed by atoms with Crippen molar-refractivity contribution in [2.24, 2.45) is 7.05 Å². The normalized spacial score (nSPS) is 19.0. The van der Waals surface area contributed by atoms with Crippen molar-refractivity contribution >= 4 is 10.9 Å². The molecule has 1 aliphatic rings. The molecule has 0 saturated heterocycles. The molecule has 1 aliphatic heterocycles. The Labute approximate surface area is 108 Å². The molecule has 1 aromatic carbocycles. The monoisotopic (exact) mass is 244 g/mol. The Kier molecular flexibility index (Phi) is 2.59. The van der Waals surface area contributed by atoms with Gasteiger partial charge in [0, 0.05) is 37.1 Å². The summed E-state index contributed by atoms with van der Waals surface area (Å²) >= 11 is 0. The zero-order chi connectivity index (χ0) is 12.9. The Balaban J connectivity index is 2.39. The third-order valence-electron chi connectivity index (χ3n) is 4.06. The molecule has 3 rings (SSSR count). The number of rotatable bonds is 1. The lowest BCUT2D eigenvalue weighted by Crippen LogP contribution is -2.27. The van der Waals surface area contributed by atoms with Crippen molar-refractivity contribution in [2.75, 3.05) is 13.7 Å². The molecule has 0 aliphatic carbocycles. The van der Waals surface area contributed by atoms with E-state index in [4.69, 9.17) is 4.74 Å². The van der Waals surface area contributed by atoms with E-state index in [1.807, 2.05) is 0 Å². The van der Waals surface area contributed by atoms with Crippen LogP contribution in [0.15, 0.2) is 12.1 Å². The van der Waals surface area contributed by atoms with Crippen LogP contribution in [0.1, 0.15) is 29.7 Å². The summed E-state index contributed by atoms with van der Waals surface area (Å²) in [4.78, 5) is 0. The van der Waals surface area contributed by atoms with E-state index in [9.17, 15) is 0 Å². The maximum Gasteiger partial charge on any atom is 0.119 e. The van der Waals surface area contributed by atoms with Crippen LogP contribution in [0.2, 0.25) is 0 Å². The second-order valence-corrected chi connectivity index (χ2v) is 5.30. The molecule has 18 heavy (non-hydrogen) atoms. The van der Waals surface area contributed by atoms with Crippen molar-refractivity contribution in [2.45, 2.75) is 26.3 Å². The minimum absolute atomic E-state index is 0.566. The van der Waals surface area contributed by atoms with E-state index in [-0.39, 0.29) is 0 Å². The van der Waals surface area contributed by atoms with E-state index in [2.05, 4.69) is 42.9 Å². The Bertz CT molecular complexity index is 613. The van der Waals surface area contributed by atoms with E-state index in [0.717, 1.165) is 18.8 Å². The molecule has 0 spiro atoms. The van der Waals surface area contributed by atoms with Gasteiger partial charge in [-0.15, -0.1) is 0 Å². The number of methoxy groups -OCH3 is 1. The molecule has 0 saturated carbocycles. The number of hydrogen-bond donors (Lipinski definition) is 1. The predicted octanol–water partition coefficient (Wildman–Crippen LogP) is 2.70. The standard InChI is InChI=1S/C15H20N2O/c1-9-5-11(18-4)6-12-13-8-16-7-10(2)15(13)17(3)14(9)12/h5-6,10,16H,7-8H2,1-4H3. The quantitative estimate of drug-likeness (QED) is 0.834. The molecule has 3 nitrogen and oxygen atoms in total. The van der Waals surface area contributed by atoms with Gasteiger partial charge in [0.05, 0.1) is 12.6 Å². The fraction of sp³-hybridized carbons (Fsp3) is 0.467. The Hall–Kier alpha value is -1.48. The zero-order valence-corrected chi connectivity index (χ0v) is 11.5. The summed E-state index contributed by atoms with van der Waals surface area (Å²) in [7, 11) is 3.92. The van der Waals surface area contributed by atoms with Crippen LogP contribution in [0.3, 0.4) is 0 Å². The fourth-order valence-corrected chi connectivity index (χ4v) is 3.32. The summed E-state index contributed by atoms with van der Waals surface area (Å²) in [6.07, 6.45) is 0. The smallest absolute Gasteiger partial charge is 0.119 e. The van der Waals surface area contributed by atoms with Gasteiger partial charge in [-0.1, -0.05) is 6.92 Å². The third kappa shape index (κ3) is 1.47. The first kappa shape index (κ1) is 11.6. The summed E-state index contributed by atoms with van der Waals surface area (Å²) in [5, 5.41) is 4.84. The highest BCUT2D eigenvalue weighted by atomic mass is 16.5. The van der Waals surface area contributed by atoms with E-state index in [1.165, 1.54) is 27.7 Å².